The molecule has 7 nitrogen and oxygen atoms in total. The van der Waals surface area contributed by atoms with Crippen molar-refractivity contribution < 1.29 is 14.6 Å². The third-order valence-corrected chi connectivity index (χ3v) is 7.20. The van der Waals surface area contributed by atoms with Crippen LogP contribution >= 0.6 is 46.4 Å². The third-order valence-electron chi connectivity index (χ3n) is 6.16. The van der Waals surface area contributed by atoms with E-state index in [0.717, 1.165) is 16.8 Å². The summed E-state index contributed by atoms with van der Waals surface area (Å²) >= 11 is 24.7. The van der Waals surface area contributed by atoms with Crippen molar-refractivity contribution in [2.45, 2.75) is 32.6 Å². The third kappa shape index (κ3) is 7.10. The lowest BCUT2D eigenvalue weighted by Gasteiger charge is -2.25. The highest BCUT2D eigenvalue weighted by Crippen LogP contribution is 2.34. The van der Waals surface area contributed by atoms with Crippen LogP contribution in [0.2, 0.25) is 20.1 Å². The Bertz CT molecular complexity index is 1490. The van der Waals surface area contributed by atoms with Crippen LogP contribution in [0.3, 0.4) is 0 Å². The first-order valence-electron chi connectivity index (χ1n) is 12.4. The summed E-state index contributed by atoms with van der Waals surface area (Å²) < 4.78 is 7.50. The quantitative estimate of drug-likeness (QED) is 0.131. The van der Waals surface area contributed by atoms with Gasteiger partial charge in [-0.15, -0.1) is 0 Å². The lowest BCUT2D eigenvalue weighted by Crippen LogP contribution is -2.48. The molecule has 0 radical (unpaired) electrons. The van der Waals surface area contributed by atoms with Crippen LogP contribution in [0.4, 0.5) is 0 Å². The first-order valence-corrected chi connectivity index (χ1v) is 13.9. The molecule has 210 valence electrons. The summed E-state index contributed by atoms with van der Waals surface area (Å²) in [5.41, 5.74) is 2.23. The van der Waals surface area contributed by atoms with E-state index in [2.05, 4.69) is 10.6 Å². The van der Waals surface area contributed by atoms with Gasteiger partial charge in [-0.05, 0) is 75.4 Å². The van der Waals surface area contributed by atoms with Gasteiger partial charge in [0.25, 0.3) is 5.91 Å². The Balaban J connectivity index is 1.47. The Labute approximate surface area is 253 Å². The monoisotopic (exact) mass is 620 g/mol. The van der Waals surface area contributed by atoms with Gasteiger partial charge in [0, 0.05) is 39.3 Å². The Morgan fingerprint density at radius 3 is 2.17 bits per heavy atom. The molecule has 3 aromatic carbocycles. The summed E-state index contributed by atoms with van der Waals surface area (Å²) in [4.78, 5) is 12.7. The Morgan fingerprint density at radius 2 is 1.55 bits per heavy atom. The average Bonchev–Trinajstić information content (AvgIpc) is 3.24. The van der Waals surface area contributed by atoms with Gasteiger partial charge in [-0.1, -0.05) is 58.5 Å². The molecule has 3 N–H and O–H groups in total. The number of nitrogens with one attached hydrogen (secondary N) is 2. The maximum atomic E-state index is 12.7. The second-order valence-electron chi connectivity index (χ2n) is 9.55. The van der Waals surface area contributed by atoms with Crippen molar-refractivity contribution in [1.82, 2.24) is 20.4 Å². The van der Waals surface area contributed by atoms with Crippen LogP contribution in [0, 0.1) is 6.92 Å². The van der Waals surface area contributed by atoms with Crippen LogP contribution in [0.5, 0.6) is 5.75 Å². The number of aliphatic hydroxyl groups is 1. The number of nitrogens with zero attached hydrogens (tertiary/aromatic N) is 2. The van der Waals surface area contributed by atoms with E-state index in [1.54, 1.807) is 73.1 Å². The largest absolute Gasteiger partial charge is 0.478 e. The molecule has 1 atom stereocenters. The number of amides is 1. The number of benzene rings is 3. The van der Waals surface area contributed by atoms with Crippen LogP contribution in [0.1, 0.15) is 31.3 Å². The molecule has 1 heterocycles. The van der Waals surface area contributed by atoms with E-state index in [-0.39, 0.29) is 19.0 Å². The van der Waals surface area contributed by atoms with Crippen molar-refractivity contribution in [3.8, 4) is 22.7 Å². The highest BCUT2D eigenvalue weighted by molar-refractivity contribution is 6.35. The van der Waals surface area contributed by atoms with Gasteiger partial charge in [-0.3, -0.25) is 10.1 Å². The van der Waals surface area contributed by atoms with Crippen LogP contribution in [0.25, 0.3) is 16.9 Å². The second-order valence-corrected chi connectivity index (χ2v) is 11.3. The lowest BCUT2D eigenvalue weighted by molar-refractivity contribution is -0.134. The van der Waals surface area contributed by atoms with Crippen molar-refractivity contribution in [2.24, 2.45) is 0 Å². The molecule has 0 saturated heterocycles. The number of hydrogen-bond donors (Lipinski definition) is 3. The Morgan fingerprint density at radius 1 is 0.950 bits per heavy atom. The number of carbonyl (C=O) groups excluding carboxylic acids is 1. The van der Waals surface area contributed by atoms with E-state index in [0.29, 0.717) is 37.2 Å². The first-order chi connectivity index (χ1) is 19.0. The van der Waals surface area contributed by atoms with Gasteiger partial charge in [-0.25, -0.2) is 4.68 Å². The van der Waals surface area contributed by atoms with E-state index in [9.17, 15) is 9.90 Å². The zero-order chi connectivity index (χ0) is 29.0. The number of hydrogen-bond acceptors (Lipinski definition) is 5. The maximum Gasteiger partial charge on any atom is 0.263 e. The topological polar surface area (TPSA) is 88.4 Å². The standard InChI is InChI=1S/C29H28Cl4N4O3/c1-17-25(27(38)34-14-15-35-28(39)29(2,3)40-22-11-8-20(31)9-12-22)36-37(24-13-10-21(32)16-23(24)33)26(17)18-4-6-19(30)7-5-18/h4-13,16,27,34,38H,14-15H2,1-3H3,(H,35,39). The number of rotatable bonds is 10. The molecule has 1 aromatic heterocycles. The minimum atomic E-state index is -1.12. The molecule has 0 saturated carbocycles. The summed E-state index contributed by atoms with van der Waals surface area (Å²) in [6.45, 7) is 5.74. The molecule has 0 aliphatic heterocycles. The molecule has 4 rings (SSSR count). The van der Waals surface area contributed by atoms with E-state index < -0.39 is 11.8 Å². The normalized spacial score (nSPS) is 12.3. The number of ether oxygens (including phenoxy) is 1. The van der Waals surface area contributed by atoms with Gasteiger partial charge in [0.1, 0.15) is 17.7 Å². The van der Waals surface area contributed by atoms with E-state index in [4.69, 9.17) is 56.2 Å². The van der Waals surface area contributed by atoms with Crippen molar-refractivity contribution in [2.75, 3.05) is 13.1 Å². The van der Waals surface area contributed by atoms with Crippen molar-refractivity contribution in [3.05, 3.63) is 98.1 Å². The van der Waals surface area contributed by atoms with Crippen LogP contribution < -0.4 is 15.4 Å². The Hall–Kier alpha value is -2.78. The fraction of sp³-hybridized carbons (Fsp3) is 0.241. The minimum absolute atomic E-state index is 0.246. The average molecular weight is 622 g/mol. The molecule has 1 unspecified atom stereocenters. The lowest BCUT2D eigenvalue weighted by atomic mass is 10.1. The molecule has 0 bridgehead atoms. The number of aliphatic hydroxyl groups excluding tert-OH is 1. The number of aromatic nitrogens is 2. The highest BCUT2D eigenvalue weighted by Gasteiger charge is 2.30. The molecule has 0 aliphatic rings. The summed E-state index contributed by atoms with van der Waals surface area (Å²) in [6, 6.07) is 19.2. The molecule has 0 aliphatic carbocycles. The molecule has 1 amide bonds. The van der Waals surface area contributed by atoms with E-state index in [1.165, 1.54) is 0 Å². The van der Waals surface area contributed by atoms with E-state index >= 15 is 0 Å². The van der Waals surface area contributed by atoms with Crippen molar-refractivity contribution in [1.29, 1.82) is 0 Å². The summed E-state index contributed by atoms with van der Waals surface area (Å²) in [5, 5.41) is 23.7. The molecule has 4 aromatic rings. The predicted molar refractivity (Wildman–Crippen MR) is 161 cm³/mol. The molecule has 0 spiro atoms. The minimum Gasteiger partial charge on any atom is -0.478 e. The molecular formula is C29H28Cl4N4O3. The van der Waals surface area contributed by atoms with Crippen LogP contribution in [-0.4, -0.2) is 39.5 Å². The SMILES string of the molecule is Cc1c(C(O)NCCNC(=O)C(C)(C)Oc2ccc(Cl)cc2)nn(-c2ccc(Cl)cc2Cl)c1-c1ccc(Cl)cc1. The first kappa shape index (κ1) is 30.2. The summed E-state index contributed by atoms with van der Waals surface area (Å²) in [7, 11) is 0. The van der Waals surface area contributed by atoms with Crippen molar-refractivity contribution in [3.63, 3.8) is 0 Å². The number of halogens is 4. The van der Waals surface area contributed by atoms with E-state index in [1.807, 2.05) is 19.1 Å². The van der Waals surface area contributed by atoms with Gasteiger partial charge in [0.2, 0.25) is 0 Å². The maximum absolute atomic E-state index is 12.7. The fourth-order valence-electron chi connectivity index (χ4n) is 4.08. The Kier molecular flexibility index (Phi) is 9.67. The van der Waals surface area contributed by atoms with Gasteiger partial charge >= 0.3 is 0 Å². The molecular weight excluding hydrogens is 594 g/mol. The molecule has 11 heteroatoms. The van der Waals surface area contributed by atoms with Crippen molar-refractivity contribution >= 4 is 52.3 Å². The predicted octanol–water partition coefficient (Wildman–Crippen LogP) is 7.02. The smallest absolute Gasteiger partial charge is 0.263 e. The fourth-order valence-corrected chi connectivity index (χ4v) is 4.83. The van der Waals surface area contributed by atoms with Gasteiger partial charge < -0.3 is 15.2 Å². The van der Waals surface area contributed by atoms with Gasteiger partial charge in [-0.2, -0.15) is 5.10 Å². The van der Waals surface area contributed by atoms with Crippen LogP contribution in [-0.2, 0) is 4.79 Å². The van der Waals surface area contributed by atoms with Gasteiger partial charge in [0.15, 0.2) is 5.60 Å². The zero-order valence-corrected chi connectivity index (χ0v) is 25.0. The number of carbonyl (C=O) groups is 1. The summed E-state index contributed by atoms with van der Waals surface area (Å²) in [6.07, 6.45) is -1.12. The summed E-state index contributed by atoms with van der Waals surface area (Å²) in [5.74, 6) is 0.225. The molecule has 0 fully saturated rings. The molecule has 40 heavy (non-hydrogen) atoms. The second kappa shape index (κ2) is 12.8. The van der Waals surface area contributed by atoms with Gasteiger partial charge in [0.05, 0.1) is 16.4 Å². The van der Waals surface area contributed by atoms with Crippen LogP contribution in [0.15, 0.2) is 66.7 Å². The zero-order valence-electron chi connectivity index (χ0n) is 22.0. The highest BCUT2D eigenvalue weighted by atomic mass is 35.5.